The maximum absolute atomic E-state index is 12.9. The zero-order valence-corrected chi connectivity index (χ0v) is 21.8. The maximum atomic E-state index is 12.9. The second-order valence-corrected chi connectivity index (χ2v) is 12.8. The fourth-order valence-electron chi connectivity index (χ4n) is 5.52. The molecule has 1 atom stereocenters. The zero-order chi connectivity index (χ0) is 24.9. The quantitative estimate of drug-likeness (QED) is 0.363. The number of pyridine rings is 1. The Balaban J connectivity index is 1.44. The van der Waals surface area contributed by atoms with Crippen LogP contribution in [0.15, 0.2) is 53.6 Å². The van der Waals surface area contributed by atoms with E-state index in [-0.39, 0.29) is 5.25 Å². The minimum Gasteiger partial charge on any atom is -0.491 e. The van der Waals surface area contributed by atoms with E-state index in [1.165, 1.54) is 19.3 Å². The Bertz CT molecular complexity index is 1540. The van der Waals surface area contributed by atoms with Gasteiger partial charge in [-0.15, -0.1) is 0 Å². The highest BCUT2D eigenvalue weighted by molar-refractivity contribution is 7.92. The van der Waals surface area contributed by atoms with Gasteiger partial charge in [-0.1, -0.05) is 18.6 Å². The lowest BCUT2D eigenvalue weighted by atomic mass is 9.99. The third kappa shape index (κ3) is 4.39. The molecule has 7 heteroatoms. The Kier molecular flexibility index (Phi) is 6.00. The maximum Gasteiger partial charge on any atom is 0.181 e. The van der Waals surface area contributed by atoms with Crippen molar-refractivity contribution in [2.45, 2.75) is 49.2 Å². The van der Waals surface area contributed by atoms with Gasteiger partial charge in [0, 0.05) is 29.4 Å². The monoisotopic (exact) mass is 503 g/mol. The molecule has 188 valence electrons. The van der Waals surface area contributed by atoms with Gasteiger partial charge in [0.15, 0.2) is 9.84 Å². The van der Waals surface area contributed by atoms with E-state index in [1.54, 1.807) is 6.07 Å². The number of H-pyrrole nitrogens is 1. The summed E-state index contributed by atoms with van der Waals surface area (Å²) >= 11 is 0. The summed E-state index contributed by atoms with van der Waals surface area (Å²) in [6.45, 7) is 4.92. The molecule has 4 aromatic rings. The number of fused-ring (bicyclic) bond motifs is 3. The van der Waals surface area contributed by atoms with Crippen LogP contribution in [0.1, 0.15) is 37.7 Å². The topological polar surface area (TPSA) is 75.3 Å². The molecule has 2 aliphatic rings. The summed E-state index contributed by atoms with van der Waals surface area (Å²) in [6.07, 6.45) is 7.04. The lowest BCUT2D eigenvalue weighted by Gasteiger charge is -2.20. The number of nitrogens with zero attached hydrogens (tertiary/aromatic N) is 2. The number of likely N-dealkylation sites (tertiary alicyclic amines) is 1. The van der Waals surface area contributed by atoms with E-state index in [4.69, 9.17) is 4.74 Å². The number of hydrogen-bond acceptors (Lipinski definition) is 5. The van der Waals surface area contributed by atoms with Crippen molar-refractivity contribution in [3.8, 4) is 16.9 Å². The first-order chi connectivity index (χ1) is 17.4. The summed E-state index contributed by atoms with van der Waals surface area (Å²) in [6, 6.07) is 13.6. The Labute approximate surface area is 212 Å². The van der Waals surface area contributed by atoms with Gasteiger partial charge in [0.1, 0.15) is 11.4 Å². The lowest BCUT2D eigenvalue weighted by molar-refractivity contribution is 0.206. The van der Waals surface area contributed by atoms with Crippen molar-refractivity contribution in [3.63, 3.8) is 0 Å². The number of benzene rings is 2. The minimum atomic E-state index is -3.27. The molecule has 0 unspecified atom stereocenters. The molecule has 1 N–H and O–H groups in total. The highest BCUT2D eigenvalue weighted by Gasteiger charge is 2.37. The molecule has 1 saturated heterocycles. The molecule has 36 heavy (non-hydrogen) atoms. The van der Waals surface area contributed by atoms with Gasteiger partial charge in [0.05, 0.1) is 22.3 Å². The van der Waals surface area contributed by atoms with Crippen LogP contribution in [0.3, 0.4) is 0 Å². The molecule has 3 heterocycles. The number of rotatable bonds is 6. The van der Waals surface area contributed by atoms with E-state index >= 15 is 0 Å². The summed E-state index contributed by atoms with van der Waals surface area (Å²) < 4.78 is 32.3. The highest BCUT2D eigenvalue weighted by atomic mass is 32.2. The summed E-state index contributed by atoms with van der Waals surface area (Å²) in [5.74, 6) is 1.32. The normalized spacial score (nSPS) is 19.6. The Morgan fingerprint density at radius 2 is 1.97 bits per heavy atom. The number of nitrogens with one attached hydrogen (secondary N) is 1. The fraction of sp³-hybridized carbons (Fsp3) is 0.414. The fourth-order valence-corrected chi connectivity index (χ4v) is 7.22. The summed E-state index contributed by atoms with van der Waals surface area (Å²) in [7, 11) is -1.08. The Morgan fingerprint density at radius 1 is 1.11 bits per heavy atom. The van der Waals surface area contributed by atoms with E-state index in [0.29, 0.717) is 17.4 Å². The van der Waals surface area contributed by atoms with Crippen LogP contribution in [0.5, 0.6) is 5.75 Å². The number of ether oxygens (including phenoxy) is 1. The first-order valence-corrected chi connectivity index (χ1v) is 14.5. The lowest BCUT2D eigenvalue weighted by Crippen LogP contribution is -2.27. The van der Waals surface area contributed by atoms with Gasteiger partial charge >= 0.3 is 0 Å². The molecule has 0 bridgehead atoms. The van der Waals surface area contributed by atoms with E-state index in [1.807, 2.05) is 37.4 Å². The van der Waals surface area contributed by atoms with Crippen LogP contribution >= 0.6 is 0 Å². The summed E-state index contributed by atoms with van der Waals surface area (Å²) in [5, 5.41) is 1.82. The van der Waals surface area contributed by atoms with Gasteiger partial charge in [-0.3, -0.25) is 0 Å². The molecule has 1 aliphatic heterocycles. The average molecular weight is 504 g/mol. The van der Waals surface area contributed by atoms with Crippen LogP contribution in [0.2, 0.25) is 0 Å². The highest BCUT2D eigenvalue weighted by Crippen LogP contribution is 2.41. The first-order valence-electron chi connectivity index (χ1n) is 13.0. The van der Waals surface area contributed by atoms with Gasteiger partial charge < -0.3 is 14.6 Å². The smallest absolute Gasteiger partial charge is 0.181 e. The number of hydrogen-bond donors (Lipinski definition) is 1. The van der Waals surface area contributed by atoms with Crippen molar-refractivity contribution in [2.75, 3.05) is 26.7 Å². The van der Waals surface area contributed by atoms with E-state index in [9.17, 15) is 8.42 Å². The molecule has 1 saturated carbocycles. The number of aromatic amines is 1. The van der Waals surface area contributed by atoms with E-state index in [2.05, 4.69) is 34.0 Å². The third-order valence-corrected chi connectivity index (χ3v) is 9.85. The summed E-state index contributed by atoms with van der Waals surface area (Å²) in [4.78, 5) is 10.9. The number of aromatic nitrogens is 2. The van der Waals surface area contributed by atoms with Crippen LogP contribution < -0.4 is 4.74 Å². The molecule has 2 aromatic heterocycles. The van der Waals surface area contributed by atoms with Crippen LogP contribution in [0.4, 0.5) is 0 Å². The van der Waals surface area contributed by atoms with Gasteiger partial charge in [-0.05, 0) is 93.2 Å². The molecule has 2 aromatic carbocycles. The second-order valence-electron chi connectivity index (χ2n) is 10.6. The molecule has 0 radical (unpaired) electrons. The number of sulfone groups is 1. The third-order valence-electron chi connectivity index (χ3n) is 7.59. The molecule has 2 fully saturated rings. The standard InChI is InChI=1S/C29H33N3O3S/c1-19-14-25-27-24(21-7-5-8-23(15-21)36(33,34)22-9-10-22)11-12-26(28(27)31-29(25)30-16-19)35-18-20-6-3-4-13-32(2)17-20/h5,7-8,11-12,14-16,20,22H,3-4,6,9-10,13,17-18H2,1-2H3,(H,30,31)/t20-/m0/s1. The van der Waals surface area contributed by atoms with Crippen molar-refractivity contribution >= 4 is 31.8 Å². The van der Waals surface area contributed by atoms with Crippen molar-refractivity contribution in [2.24, 2.45) is 5.92 Å². The van der Waals surface area contributed by atoms with Gasteiger partial charge in [0.2, 0.25) is 0 Å². The predicted molar refractivity (Wildman–Crippen MR) is 144 cm³/mol. The molecule has 6 rings (SSSR count). The second kappa shape index (κ2) is 9.20. The van der Waals surface area contributed by atoms with Crippen molar-refractivity contribution in [1.82, 2.24) is 14.9 Å². The number of aryl methyl sites for hydroxylation is 1. The predicted octanol–water partition coefficient (Wildman–Crippen LogP) is 5.74. The van der Waals surface area contributed by atoms with Crippen molar-refractivity contribution < 1.29 is 13.2 Å². The molecule has 0 spiro atoms. The van der Waals surface area contributed by atoms with Gasteiger partial charge in [-0.2, -0.15) is 0 Å². The van der Waals surface area contributed by atoms with Crippen LogP contribution in [-0.2, 0) is 9.84 Å². The molecular weight excluding hydrogens is 470 g/mol. The van der Waals surface area contributed by atoms with Gasteiger partial charge in [-0.25, -0.2) is 13.4 Å². The van der Waals surface area contributed by atoms with Crippen LogP contribution in [0, 0.1) is 12.8 Å². The van der Waals surface area contributed by atoms with Crippen LogP contribution in [0.25, 0.3) is 33.1 Å². The molecule has 6 nitrogen and oxygen atoms in total. The Morgan fingerprint density at radius 3 is 2.81 bits per heavy atom. The average Bonchev–Trinajstić information content (AvgIpc) is 3.69. The Hall–Kier alpha value is -2.90. The van der Waals surface area contributed by atoms with Crippen molar-refractivity contribution in [3.05, 3.63) is 54.2 Å². The van der Waals surface area contributed by atoms with E-state index < -0.39 is 9.84 Å². The van der Waals surface area contributed by atoms with Gasteiger partial charge in [0.25, 0.3) is 0 Å². The minimum absolute atomic E-state index is 0.230. The SMILES string of the molecule is Cc1cnc2[nH]c3c(OC[C@H]4CCCCN(C)C4)ccc(-c4cccc(S(=O)(=O)C5CC5)c4)c3c2c1. The zero-order valence-electron chi connectivity index (χ0n) is 21.0. The summed E-state index contributed by atoms with van der Waals surface area (Å²) in [5.41, 5.74) is 4.67. The first kappa shape index (κ1) is 23.5. The van der Waals surface area contributed by atoms with Crippen LogP contribution in [-0.4, -0.2) is 55.3 Å². The van der Waals surface area contributed by atoms with E-state index in [0.717, 1.165) is 70.3 Å². The molecule has 1 aliphatic carbocycles. The largest absolute Gasteiger partial charge is 0.491 e. The molecule has 0 amide bonds. The van der Waals surface area contributed by atoms with Crippen molar-refractivity contribution in [1.29, 1.82) is 0 Å². The molecular formula is C29H33N3O3S.